The third-order valence-electron chi connectivity index (χ3n) is 4.41. The second kappa shape index (κ2) is 7.89. The third-order valence-corrected chi connectivity index (χ3v) is 5.93. The number of nitrogens with zero attached hydrogens (tertiary/aromatic N) is 3. The molecule has 2 aliphatic rings. The van der Waals surface area contributed by atoms with Gasteiger partial charge < -0.3 is 9.47 Å². The van der Waals surface area contributed by atoms with E-state index in [1.54, 1.807) is 11.1 Å². The Morgan fingerprint density at radius 2 is 1.96 bits per heavy atom. The first-order valence-corrected chi connectivity index (χ1v) is 10.4. The molecule has 4 rings (SSSR count). The number of carbonyl (C=O) groups is 1. The minimum absolute atomic E-state index is 0.0650. The third kappa shape index (κ3) is 3.38. The van der Waals surface area contributed by atoms with E-state index in [9.17, 15) is 4.79 Å². The van der Waals surface area contributed by atoms with Crippen molar-refractivity contribution in [1.29, 1.82) is 0 Å². The summed E-state index contributed by atoms with van der Waals surface area (Å²) in [6.45, 7) is 5.27. The van der Waals surface area contributed by atoms with E-state index in [0.717, 1.165) is 16.2 Å². The van der Waals surface area contributed by atoms with Crippen LogP contribution in [-0.2, 0) is 11.3 Å². The highest BCUT2D eigenvalue weighted by molar-refractivity contribution is 8.02. The fourth-order valence-corrected chi connectivity index (χ4v) is 4.61. The highest BCUT2D eigenvalue weighted by Gasteiger charge is 2.42. The molecule has 1 amide bonds. The van der Waals surface area contributed by atoms with E-state index in [2.05, 4.69) is 9.98 Å². The first-order valence-electron chi connectivity index (χ1n) is 9.06. The van der Waals surface area contributed by atoms with Gasteiger partial charge in [-0.15, -0.1) is 0 Å². The van der Waals surface area contributed by atoms with Crippen LogP contribution in [0.3, 0.4) is 0 Å². The van der Waals surface area contributed by atoms with Crippen molar-refractivity contribution in [3.63, 3.8) is 0 Å². The molecule has 3 heterocycles. The Labute approximate surface area is 173 Å². The lowest BCUT2D eigenvalue weighted by Crippen LogP contribution is -2.46. The summed E-state index contributed by atoms with van der Waals surface area (Å²) in [5.41, 5.74) is 2.51. The number of aromatic nitrogens is 1. The SMILES string of the molecule is CCOc1ccc(CN2C(=O)C3Sc4ncccc4C3=NC2=S)cc1OCC. The van der Waals surface area contributed by atoms with Crippen LogP contribution in [0.1, 0.15) is 25.0 Å². The zero-order valence-corrected chi connectivity index (χ0v) is 17.2. The average molecular weight is 414 g/mol. The zero-order chi connectivity index (χ0) is 19.7. The van der Waals surface area contributed by atoms with Crippen LogP contribution in [0.4, 0.5) is 0 Å². The van der Waals surface area contributed by atoms with Crippen molar-refractivity contribution >= 4 is 40.7 Å². The van der Waals surface area contributed by atoms with Gasteiger partial charge in [0.15, 0.2) is 11.5 Å². The van der Waals surface area contributed by atoms with Gasteiger partial charge in [0.1, 0.15) is 10.3 Å². The molecule has 0 bridgehead atoms. The van der Waals surface area contributed by atoms with Crippen molar-refractivity contribution in [3.05, 3.63) is 47.7 Å². The largest absolute Gasteiger partial charge is 0.490 e. The number of ether oxygens (including phenoxy) is 2. The molecule has 0 aliphatic carbocycles. The topological polar surface area (TPSA) is 64.0 Å². The molecule has 0 spiro atoms. The Morgan fingerprint density at radius 3 is 2.75 bits per heavy atom. The van der Waals surface area contributed by atoms with E-state index < -0.39 is 5.25 Å². The molecule has 6 nitrogen and oxygen atoms in total. The van der Waals surface area contributed by atoms with Crippen LogP contribution in [0.2, 0.25) is 0 Å². The summed E-state index contributed by atoms with van der Waals surface area (Å²) in [5.74, 6) is 1.28. The van der Waals surface area contributed by atoms with Crippen molar-refractivity contribution in [3.8, 4) is 11.5 Å². The standard InChI is InChI=1S/C20H19N3O3S2/c1-3-25-14-8-7-12(10-15(14)26-4-2)11-23-19(24)17-16(22-20(23)27)13-6-5-9-21-18(13)28-17/h5-10,17H,3-4,11H2,1-2H3. The fraction of sp³-hybridized carbons (Fsp3) is 0.300. The second-order valence-electron chi connectivity index (χ2n) is 6.21. The monoisotopic (exact) mass is 413 g/mol. The molecule has 0 fully saturated rings. The highest BCUT2D eigenvalue weighted by Crippen LogP contribution is 2.39. The van der Waals surface area contributed by atoms with E-state index in [-0.39, 0.29) is 11.0 Å². The number of carbonyl (C=O) groups excluding carboxylic acids is 1. The second-order valence-corrected chi connectivity index (χ2v) is 7.66. The van der Waals surface area contributed by atoms with Gasteiger partial charge in [-0.05, 0) is 55.9 Å². The number of hydrogen-bond acceptors (Lipinski definition) is 6. The van der Waals surface area contributed by atoms with Gasteiger partial charge in [-0.25, -0.2) is 9.98 Å². The molecule has 0 N–H and O–H groups in total. The van der Waals surface area contributed by atoms with Crippen LogP contribution in [0.15, 0.2) is 46.5 Å². The molecule has 0 saturated heterocycles. The van der Waals surface area contributed by atoms with Crippen LogP contribution < -0.4 is 9.47 Å². The Bertz CT molecular complexity index is 977. The Balaban J connectivity index is 1.59. The smallest absolute Gasteiger partial charge is 0.248 e. The maximum atomic E-state index is 13.1. The van der Waals surface area contributed by atoms with Crippen LogP contribution in [0.5, 0.6) is 11.5 Å². The average Bonchev–Trinajstić information content (AvgIpc) is 3.06. The van der Waals surface area contributed by atoms with Gasteiger partial charge in [0, 0.05) is 11.8 Å². The maximum absolute atomic E-state index is 13.1. The van der Waals surface area contributed by atoms with Gasteiger partial charge in [0.2, 0.25) is 11.0 Å². The van der Waals surface area contributed by atoms with E-state index in [0.29, 0.717) is 37.0 Å². The van der Waals surface area contributed by atoms with E-state index >= 15 is 0 Å². The van der Waals surface area contributed by atoms with Gasteiger partial charge >= 0.3 is 0 Å². The number of hydrogen-bond donors (Lipinski definition) is 0. The molecule has 1 aromatic carbocycles. The van der Waals surface area contributed by atoms with Gasteiger partial charge in [-0.3, -0.25) is 9.69 Å². The predicted molar refractivity (Wildman–Crippen MR) is 112 cm³/mol. The molecular formula is C20H19N3O3S2. The quantitative estimate of drug-likeness (QED) is 0.676. The predicted octanol–water partition coefficient (Wildman–Crippen LogP) is 3.47. The van der Waals surface area contributed by atoms with E-state index in [1.807, 2.05) is 44.2 Å². The first-order chi connectivity index (χ1) is 13.6. The molecule has 8 heteroatoms. The number of benzene rings is 1. The molecule has 1 atom stereocenters. The molecule has 1 unspecified atom stereocenters. The molecular weight excluding hydrogens is 394 g/mol. The molecule has 144 valence electrons. The summed E-state index contributed by atoms with van der Waals surface area (Å²) in [4.78, 5) is 23.6. The summed E-state index contributed by atoms with van der Waals surface area (Å²) in [7, 11) is 0. The van der Waals surface area contributed by atoms with Crippen molar-refractivity contribution in [2.45, 2.75) is 30.7 Å². The van der Waals surface area contributed by atoms with Crippen molar-refractivity contribution < 1.29 is 14.3 Å². The highest BCUT2D eigenvalue weighted by atomic mass is 32.2. The minimum Gasteiger partial charge on any atom is -0.490 e. The van der Waals surface area contributed by atoms with Gasteiger partial charge in [-0.1, -0.05) is 17.8 Å². The van der Waals surface area contributed by atoms with E-state index in [4.69, 9.17) is 21.7 Å². The summed E-state index contributed by atoms with van der Waals surface area (Å²) >= 11 is 6.87. The van der Waals surface area contributed by atoms with Crippen LogP contribution >= 0.6 is 24.0 Å². The number of rotatable bonds is 6. The van der Waals surface area contributed by atoms with Gasteiger partial charge in [0.25, 0.3) is 0 Å². The molecule has 28 heavy (non-hydrogen) atoms. The van der Waals surface area contributed by atoms with Crippen molar-refractivity contribution in [1.82, 2.24) is 9.88 Å². The summed E-state index contributed by atoms with van der Waals surface area (Å²) < 4.78 is 11.3. The number of thiocarbonyl (C=S) groups is 1. The molecule has 2 aromatic rings. The lowest BCUT2D eigenvalue weighted by atomic mass is 10.1. The Hall–Kier alpha value is -2.45. The first kappa shape index (κ1) is 18.9. The lowest BCUT2D eigenvalue weighted by Gasteiger charge is -2.28. The number of aliphatic imine (C=N–C) groups is 1. The number of pyridine rings is 1. The lowest BCUT2D eigenvalue weighted by molar-refractivity contribution is -0.126. The van der Waals surface area contributed by atoms with Crippen LogP contribution in [0, 0.1) is 0 Å². The molecule has 0 saturated carbocycles. The van der Waals surface area contributed by atoms with Crippen LogP contribution in [0.25, 0.3) is 0 Å². The van der Waals surface area contributed by atoms with E-state index in [1.165, 1.54) is 11.8 Å². The van der Waals surface area contributed by atoms with Gasteiger partial charge in [-0.2, -0.15) is 0 Å². The zero-order valence-electron chi connectivity index (χ0n) is 15.5. The molecule has 1 aromatic heterocycles. The fourth-order valence-electron chi connectivity index (χ4n) is 3.20. The minimum atomic E-state index is -0.398. The van der Waals surface area contributed by atoms with Crippen molar-refractivity contribution in [2.75, 3.05) is 13.2 Å². The molecule has 0 radical (unpaired) electrons. The normalized spacial score (nSPS) is 17.9. The summed E-state index contributed by atoms with van der Waals surface area (Å²) in [6, 6.07) is 9.45. The number of fused-ring (bicyclic) bond motifs is 3. The summed E-state index contributed by atoms with van der Waals surface area (Å²) in [6.07, 6.45) is 1.72. The number of thioether (sulfide) groups is 1. The summed E-state index contributed by atoms with van der Waals surface area (Å²) in [5, 5.41) is 0.704. The Morgan fingerprint density at radius 1 is 1.18 bits per heavy atom. The Kier molecular flexibility index (Phi) is 5.32. The van der Waals surface area contributed by atoms with Gasteiger partial charge in [0.05, 0.1) is 25.5 Å². The number of amides is 1. The molecule has 2 aliphatic heterocycles. The van der Waals surface area contributed by atoms with Crippen LogP contribution in [-0.4, -0.2) is 45.1 Å². The maximum Gasteiger partial charge on any atom is 0.248 e. The van der Waals surface area contributed by atoms with Crippen molar-refractivity contribution in [2.24, 2.45) is 4.99 Å².